The maximum atomic E-state index is 13.3. The topological polar surface area (TPSA) is 68.2 Å². The van der Waals surface area contributed by atoms with Crippen LogP contribution in [-0.2, 0) is 27.6 Å². The zero-order valence-corrected chi connectivity index (χ0v) is 18.4. The first-order valence-corrected chi connectivity index (χ1v) is 11.7. The maximum Gasteiger partial charge on any atom is 0.239 e. The number of sulfone groups is 1. The Bertz CT molecular complexity index is 1360. The molecule has 1 heterocycles. The van der Waals surface area contributed by atoms with E-state index in [0.717, 1.165) is 11.1 Å². The highest BCUT2D eigenvalue weighted by Gasteiger charge is 2.23. The molecule has 0 radical (unpaired) electrons. The number of hydrogen-bond acceptors (Lipinski definition) is 3. The molecule has 32 heavy (non-hydrogen) atoms. The Kier molecular flexibility index (Phi) is 6.10. The normalized spacial score (nSPS) is 11.6. The summed E-state index contributed by atoms with van der Waals surface area (Å²) >= 11 is 0. The van der Waals surface area contributed by atoms with Crippen molar-refractivity contribution in [1.82, 2.24) is 9.88 Å². The number of nitrogens with one attached hydrogen (secondary N) is 1. The van der Waals surface area contributed by atoms with Crippen LogP contribution in [0.1, 0.15) is 11.1 Å². The summed E-state index contributed by atoms with van der Waals surface area (Å²) in [6, 6.07) is 20.0. The van der Waals surface area contributed by atoms with Gasteiger partial charge in [-0.2, -0.15) is 0 Å². The molecule has 0 bridgehead atoms. The number of aryl methyl sites for hydroxylation is 1. The van der Waals surface area contributed by atoms with E-state index in [1.165, 1.54) is 18.3 Å². The first-order chi connectivity index (χ1) is 15.3. The lowest BCUT2D eigenvalue weighted by Crippen LogP contribution is -2.29. The summed E-state index contributed by atoms with van der Waals surface area (Å²) in [7, 11) is -3.74. The highest BCUT2D eigenvalue weighted by molar-refractivity contribution is 7.91. The van der Waals surface area contributed by atoms with E-state index >= 15 is 0 Å². The van der Waals surface area contributed by atoms with E-state index in [4.69, 9.17) is 0 Å². The van der Waals surface area contributed by atoms with Crippen LogP contribution in [0.5, 0.6) is 0 Å². The van der Waals surface area contributed by atoms with Gasteiger partial charge in [0, 0.05) is 23.6 Å². The highest BCUT2D eigenvalue weighted by Crippen LogP contribution is 2.30. The van der Waals surface area contributed by atoms with Crippen LogP contribution in [0.4, 0.5) is 4.39 Å². The molecule has 0 saturated heterocycles. The standard InChI is InChI=1S/C25H23FN2O3S/c1-18-6-12-21(13-7-18)32(30,31)24-16-28(23-5-3-2-4-22(23)24)17-25(29)27-15-14-19-8-10-20(26)11-9-19/h2-13,16H,14-15,17H2,1H3,(H,27,29). The van der Waals surface area contributed by atoms with Gasteiger partial charge in [0.15, 0.2) is 0 Å². The number of para-hydroxylation sites is 1. The molecule has 1 N–H and O–H groups in total. The summed E-state index contributed by atoms with van der Waals surface area (Å²) in [5, 5.41) is 3.42. The van der Waals surface area contributed by atoms with Crippen LogP contribution in [0.3, 0.4) is 0 Å². The molecule has 4 aromatic rings. The zero-order valence-electron chi connectivity index (χ0n) is 17.6. The number of benzene rings is 3. The molecule has 0 fully saturated rings. The van der Waals surface area contributed by atoms with E-state index in [0.29, 0.717) is 23.9 Å². The fourth-order valence-corrected chi connectivity index (χ4v) is 5.09. The summed E-state index contributed by atoms with van der Waals surface area (Å²) < 4.78 is 41.2. The number of carbonyl (C=O) groups is 1. The second-order valence-electron chi connectivity index (χ2n) is 7.68. The highest BCUT2D eigenvalue weighted by atomic mass is 32.2. The average molecular weight is 451 g/mol. The van der Waals surface area contributed by atoms with Gasteiger partial charge in [-0.15, -0.1) is 0 Å². The third-order valence-corrected chi connectivity index (χ3v) is 7.13. The molecule has 0 atom stereocenters. The van der Waals surface area contributed by atoms with E-state index in [9.17, 15) is 17.6 Å². The summed E-state index contributed by atoms with van der Waals surface area (Å²) in [4.78, 5) is 12.9. The molecular formula is C25H23FN2O3S. The number of fused-ring (bicyclic) bond motifs is 1. The number of nitrogens with zero attached hydrogens (tertiary/aromatic N) is 1. The number of aromatic nitrogens is 1. The van der Waals surface area contributed by atoms with E-state index in [-0.39, 0.29) is 28.1 Å². The molecular weight excluding hydrogens is 427 g/mol. The Morgan fingerprint density at radius 3 is 2.38 bits per heavy atom. The van der Waals surface area contributed by atoms with Crippen molar-refractivity contribution in [3.8, 4) is 0 Å². The van der Waals surface area contributed by atoms with E-state index in [2.05, 4.69) is 5.32 Å². The lowest BCUT2D eigenvalue weighted by Gasteiger charge is -2.07. The van der Waals surface area contributed by atoms with Crippen molar-refractivity contribution in [3.05, 3.63) is 95.9 Å². The van der Waals surface area contributed by atoms with Crippen LogP contribution in [0, 0.1) is 12.7 Å². The first kappa shape index (κ1) is 21.8. The number of carbonyl (C=O) groups excluding carboxylic acids is 1. The second-order valence-corrected chi connectivity index (χ2v) is 9.60. The van der Waals surface area contributed by atoms with Gasteiger partial charge in [-0.1, -0.05) is 48.0 Å². The van der Waals surface area contributed by atoms with Crippen molar-refractivity contribution >= 4 is 26.6 Å². The molecule has 4 rings (SSSR count). The van der Waals surface area contributed by atoms with Crippen LogP contribution in [0.15, 0.2) is 88.8 Å². The number of hydrogen-bond donors (Lipinski definition) is 1. The Hall–Kier alpha value is -3.45. The number of halogens is 1. The molecule has 7 heteroatoms. The number of amides is 1. The van der Waals surface area contributed by atoms with Crippen molar-refractivity contribution in [2.75, 3.05) is 6.54 Å². The fraction of sp³-hybridized carbons (Fsp3) is 0.160. The van der Waals surface area contributed by atoms with Gasteiger partial charge in [-0.3, -0.25) is 4.79 Å². The molecule has 1 amide bonds. The summed E-state index contributed by atoms with van der Waals surface area (Å²) in [5.74, 6) is -0.527. The van der Waals surface area contributed by atoms with Gasteiger partial charge in [0.1, 0.15) is 12.4 Å². The van der Waals surface area contributed by atoms with Crippen LogP contribution >= 0.6 is 0 Å². The van der Waals surface area contributed by atoms with Crippen molar-refractivity contribution < 1.29 is 17.6 Å². The predicted octanol–water partition coefficient (Wildman–Crippen LogP) is 4.28. The Morgan fingerprint density at radius 2 is 1.66 bits per heavy atom. The molecule has 0 aliphatic heterocycles. The molecule has 0 spiro atoms. The summed E-state index contributed by atoms with van der Waals surface area (Å²) in [5.41, 5.74) is 2.57. The quantitative estimate of drug-likeness (QED) is 0.457. The van der Waals surface area contributed by atoms with Gasteiger partial charge >= 0.3 is 0 Å². The summed E-state index contributed by atoms with van der Waals surface area (Å²) in [6.07, 6.45) is 2.10. The van der Waals surface area contributed by atoms with Crippen LogP contribution in [0.25, 0.3) is 10.9 Å². The van der Waals surface area contributed by atoms with Gasteiger partial charge in [0.05, 0.1) is 9.79 Å². The maximum absolute atomic E-state index is 13.3. The molecule has 1 aromatic heterocycles. The molecule has 3 aromatic carbocycles. The third-order valence-electron chi connectivity index (χ3n) is 5.34. The lowest BCUT2D eigenvalue weighted by molar-refractivity contribution is -0.121. The minimum Gasteiger partial charge on any atom is -0.354 e. The predicted molar refractivity (Wildman–Crippen MR) is 122 cm³/mol. The SMILES string of the molecule is Cc1ccc(S(=O)(=O)c2cn(CC(=O)NCCc3ccc(F)cc3)c3ccccc23)cc1. The molecule has 5 nitrogen and oxygen atoms in total. The molecule has 0 unspecified atom stereocenters. The van der Waals surface area contributed by atoms with Crippen LogP contribution < -0.4 is 5.32 Å². The van der Waals surface area contributed by atoms with E-state index in [1.54, 1.807) is 59.2 Å². The molecule has 164 valence electrons. The van der Waals surface area contributed by atoms with Gasteiger partial charge in [-0.05, 0) is 49.2 Å². The minimum absolute atomic E-state index is 0.00660. The van der Waals surface area contributed by atoms with Gasteiger partial charge in [0.25, 0.3) is 0 Å². The monoisotopic (exact) mass is 450 g/mol. The third kappa shape index (κ3) is 4.57. The average Bonchev–Trinajstić information content (AvgIpc) is 3.15. The van der Waals surface area contributed by atoms with Gasteiger partial charge in [-0.25, -0.2) is 12.8 Å². The van der Waals surface area contributed by atoms with E-state index < -0.39 is 9.84 Å². The zero-order chi connectivity index (χ0) is 22.7. The van der Waals surface area contributed by atoms with Gasteiger partial charge in [0.2, 0.25) is 15.7 Å². The number of rotatable bonds is 7. The molecule has 0 aliphatic rings. The first-order valence-electron chi connectivity index (χ1n) is 10.3. The molecule has 0 aliphatic carbocycles. The van der Waals surface area contributed by atoms with E-state index in [1.807, 2.05) is 13.0 Å². The summed E-state index contributed by atoms with van der Waals surface area (Å²) in [6.45, 7) is 2.29. The molecule has 0 saturated carbocycles. The second kappa shape index (κ2) is 8.96. The van der Waals surface area contributed by atoms with Gasteiger partial charge < -0.3 is 9.88 Å². The van der Waals surface area contributed by atoms with Crippen LogP contribution in [-0.4, -0.2) is 25.4 Å². The Labute approximate surface area is 186 Å². The minimum atomic E-state index is -3.74. The lowest BCUT2D eigenvalue weighted by atomic mass is 10.1. The van der Waals surface area contributed by atoms with Crippen molar-refractivity contribution in [2.24, 2.45) is 0 Å². The van der Waals surface area contributed by atoms with Crippen molar-refractivity contribution in [2.45, 2.75) is 29.7 Å². The smallest absolute Gasteiger partial charge is 0.239 e. The largest absolute Gasteiger partial charge is 0.354 e. The van der Waals surface area contributed by atoms with Crippen molar-refractivity contribution in [3.63, 3.8) is 0 Å². The Balaban J connectivity index is 1.54. The van der Waals surface area contributed by atoms with Crippen molar-refractivity contribution in [1.29, 1.82) is 0 Å². The van der Waals surface area contributed by atoms with Crippen LogP contribution in [0.2, 0.25) is 0 Å². The Morgan fingerprint density at radius 1 is 0.969 bits per heavy atom. The fourth-order valence-electron chi connectivity index (χ4n) is 3.61.